The summed E-state index contributed by atoms with van der Waals surface area (Å²) in [7, 11) is 0. The molecule has 1 saturated heterocycles. The Kier molecular flexibility index (Phi) is 3.61. The molecule has 1 aliphatic heterocycles. The predicted molar refractivity (Wildman–Crippen MR) is 78.1 cm³/mol. The third-order valence-electron chi connectivity index (χ3n) is 3.87. The van der Waals surface area contributed by atoms with E-state index in [0.717, 1.165) is 36.2 Å². The van der Waals surface area contributed by atoms with Gasteiger partial charge in [0.2, 0.25) is 0 Å². The average Bonchev–Trinajstić information content (AvgIpc) is 2.34. The van der Waals surface area contributed by atoms with Crippen LogP contribution in [-0.4, -0.2) is 23.9 Å². The van der Waals surface area contributed by atoms with Crippen molar-refractivity contribution >= 4 is 27.6 Å². The normalized spacial score (nSPS) is 18.7. The maximum atomic E-state index is 7.66. The third kappa shape index (κ3) is 2.51. The molecule has 2 rings (SSSR count). The van der Waals surface area contributed by atoms with E-state index >= 15 is 0 Å². The zero-order valence-electron chi connectivity index (χ0n) is 10.8. The van der Waals surface area contributed by atoms with Crippen LogP contribution < -0.4 is 10.6 Å². The number of aryl methyl sites for hydroxylation is 1. The van der Waals surface area contributed by atoms with Crippen LogP contribution in [0.5, 0.6) is 0 Å². The van der Waals surface area contributed by atoms with Crippen LogP contribution in [0.4, 0.5) is 5.82 Å². The number of amidine groups is 1. The first-order valence-electron chi connectivity index (χ1n) is 6.14. The van der Waals surface area contributed by atoms with Gasteiger partial charge in [-0.15, -0.1) is 0 Å². The van der Waals surface area contributed by atoms with Gasteiger partial charge in [-0.1, -0.05) is 6.92 Å². The standard InChI is InChI=1S/C13H19BrN4/c1-9-7-11(17-8-10(9)14)18-5-3-13(2,4-6-18)12(15)16/h7-8H,3-6H2,1-2H3,(H3,15,16). The topological polar surface area (TPSA) is 66.0 Å². The quantitative estimate of drug-likeness (QED) is 0.652. The maximum absolute atomic E-state index is 7.66. The van der Waals surface area contributed by atoms with E-state index in [2.05, 4.69) is 45.7 Å². The Bertz CT molecular complexity index is 464. The maximum Gasteiger partial charge on any atom is 0.128 e. The summed E-state index contributed by atoms with van der Waals surface area (Å²) in [5.74, 6) is 1.32. The highest BCUT2D eigenvalue weighted by molar-refractivity contribution is 9.10. The first-order valence-corrected chi connectivity index (χ1v) is 6.93. The molecule has 0 aromatic carbocycles. The molecule has 0 aliphatic carbocycles. The summed E-state index contributed by atoms with van der Waals surface area (Å²) in [6, 6.07) is 2.10. The Morgan fingerprint density at radius 1 is 1.50 bits per heavy atom. The first kappa shape index (κ1) is 13.3. The highest BCUT2D eigenvalue weighted by Gasteiger charge is 2.33. The molecule has 0 unspecified atom stereocenters. The molecular formula is C13H19BrN4. The number of halogens is 1. The van der Waals surface area contributed by atoms with Crippen molar-refractivity contribution < 1.29 is 0 Å². The summed E-state index contributed by atoms with van der Waals surface area (Å²) >= 11 is 3.46. The Morgan fingerprint density at radius 3 is 2.61 bits per heavy atom. The van der Waals surface area contributed by atoms with Crippen molar-refractivity contribution in [2.75, 3.05) is 18.0 Å². The Labute approximate surface area is 116 Å². The van der Waals surface area contributed by atoms with Crippen LogP contribution in [0.25, 0.3) is 0 Å². The van der Waals surface area contributed by atoms with Gasteiger partial charge in [-0.3, -0.25) is 5.41 Å². The fourth-order valence-electron chi connectivity index (χ4n) is 2.20. The summed E-state index contributed by atoms with van der Waals surface area (Å²) in [6.45, 7) is 5.96. The third-order valence-corrected chi connectivity index (χ3v) is 4.70. The van der Waals surface area contributed by atoms with Crippen LogP contribution in [0.15, 0.2) is 16.7 Å². The molecule has 0 saturated carbocycles. The molecule has 4 nitrogen and oxygen atoms in total. The molecule has 1 aromatic heterocycles. The van der Waals surface area contributed by atoms with Crippen molar-refractivity contribution in [2.24, 2.45) is 11.1 Å². The zero-order chi connectivity index (χ0) is 13.3. The smallest absolute Gasteiger partial charge is 0.128 e. The number of hydrogen-bond donors (Lipinski definition) is 2. The summed E-state index contributed by atoms with van der Waals surface area (Å²) < 4.78 is 1.04. The second-order valence-electron chi connectivity index (χ2n) is 5.25. The van der Waals surface area contributed by atoms with Gasteiger partial charge in [-0.2, -0.15) is 0 Å². The van der Waals surface area contributed by atoms with Crippen molar-refractivity contribution in [3.63, 3.8) is 0 Å². The number of piperidine rings is 1. The summed E-state index contributed by atoms with van der Waals surface area (Å²) in [5, 5.41) is 7.66. The summed E-state index contributed by atoms with van der Waals surface area (Å²) in [6.07, 6.45) is 3.68. The highest BCUT2D eigenvalue weighted by atomic mass is 79.9. The number of pyridine rings is 1. The van der Waals surface area contributed by atoms with Crippen molar-refractivity contribution in [1.29, 1.82) is 5.41 Å². The minimum absolute atomic E-state index is 0.138. The molecule has 1 fully saturated rings. The molecule has 0 amide bonds. The molecule has 0 spiro atoms. The summed E-state index contributed by atoms with van der Waals surface area (Å²) in [4.78, 5) is 6.72. The molecular weight excluding hydrogens is 292 g/mol. The van der Waals surface area contributed by atoms with E-state index in [1.807, 2.05) is 6.20 Å². The van der Waals surface area contributed by atoms with Crippen LogP contribution in [-0.2, 0) is 0 Å². The molecule has 5 heteroatoms. The van der Waals surface area contributed by atoms with Crippen LogP contribution in [0.2, 0.25) is 0 Å². The lowest BCUT2D eigenvalue weighted by atomic mass is 9.79. The molecule has 3 N–H and O–H groups in total. The van der Waals surface area contributed by atoms with E-state index in [1.165, 1.54) is 5.56 Å². The molecule has 2 heterocycles. The average molecular weight is 311 g/mol. The Balaban J connectivity index is 2.10. The van der Waals surface area contributed by atoms with E-state index in [0.29, 0.717) is 5.84 Å². The number of aromatic nitrogens is 1. The molecule has 1 aliphatic rings. The minimum atomic E-state index is -0.138. The fraction of sp³-hybridized carbons (Fsp3) is 0.538. The van der Waals surface area contributed by atoms with Crippen molar-refractivity contribution in [2.45, 2.75) is 26.7 Å². The van der Waals surface area contributed by atoms with Gasteiger partial charge in [0.25, 0.3) is 0 Å². The monoisotopic (exact) mass is 310 g/mol. The number of nitrogens with zero attached hydrogens (tertiary/aromatic N) is 2. The molecule has 1 aromatic rings. The largest absolute Gasteiger partial charge is 0.387 e. The van der Waals surface area contributed by atoms with Gasteiger partial charge < -0.3 is 10.6 Å². The van der Waals surface area contributed by atoms with Crippen molar-refractivity contribution in [3.05, 3.63) is 22.3 Å². The van der Waals surface area contributed by atoms with Crippen LogP contribution >= 0.6 is 15.9 Å². The van der Waals surface area contributed by atoms with Gasteiger partial charge in [-0.25, -0.2) is 4.98 Å². The molecule has 98 valence electrons. The summed E-state index contributed by atoms with van der Waals surface area (Å²) in [5.41, 5.74) is 6.73. The highest BCUT2D eigenvalue weighted by Crippen LogP contribution is 2.32. The van der Waals surface area contributed by atoms with E-state index in [4.69, 9.17) is 11.1 Å². The van der Waals surface area contributed by atoms with Gasteiger partial charge in [0, 0.05) is 29.2 Å². The Morgan fingerprint density at radius 2 is 2.11 bits per heavy atom. The van der Waals surface area contributed by atoms with Gasteiger partial charge in [0.15, 0.2) is 0 Å². The lowest BCUT2D eigenvalue weighted by Crippen LogP contribution is -2.45. The lowest BCUT2D eigenvalue weighted by molar-refractivity contribution is 0.350. The van der Waals surface area contributed by atoms with Gasteiger partial charge in [-0.05, 0) is 47.3 Å². The number of nitrogens with two attached hydrogens (primary N) is 1. The zero-order valence-corrected chi connectivity index (χ0v) is 12.4. The van der Waals surface area contributed by atoms with E-state index in [1.54, 1.807) is 0 Å². The second-order valence-corrected chi connectivity index (χ2v) is 6.11. The number of hydrogen-bond acceptors (Lipinski definition) is 3. The molecule has 0 bridgehead atoms. The molecule has 0 radical (unpaired) electrons. The van der Waals surface area contributed by atoms with Crippen LogP contribution in [0.3, 0.4) is 0 Å². The predicted octanol–water partition coefficient (Wildman–Crippen LogP) is 2.69. The van der Waals surface area contributed by atoms with Gasteiger partial charge >= 0.3 is 0 Å². The SMILES string of the molecule is Cc1cc(N2CCC(C)(C(=N)N)CC2)ncc1Br. The Hall–Kier alpha value is -1.10. The van der Waals surface area contributed by atoms with Crippen molar-refractivity contribution in [3.8, 4) is 0 Å². The second kappa shape index (κ2) is 4.88. The van der Waals surface area contributed by atoms with Crippen LogP contribution in [0.1, 0.15) is 25.3 Å². The number of anilines is 1. The van der Waals surface area contributed by atoms with Gasteiger partial charge in [0.05, 0.1) is 5.84 Å². The molecule has 0 atom stereocenters. The van der Waals surface area contributed by atoms with E-state index < -0.39 is 0 Å². The van der Waals surface area contributed by atoms with Crippen LogP contribution in [0, 0.1) is 17.7 Å². The molecule has 18 heavy (non-hydrogen) atoms. The first-order chi connectivity index (χ1) is 8.42. The number of rotatable bonds is 2. The van der Waals surface area contributed by atoms with E-state index in [-0.39, 0.29) is 5.41 Å². The lowest BCUT2D eigenvalue weighted by Gasteiger charge is -2.39. The minimum Gasteiger partial charge on any atom is -0.387 e. The fourth-order valence-corrected chi connectivity index (χ4v) is 2.41. The van der Waals surface area contributed by atoms with E-state index in [9.17, 15) is 0 Å². The van der Waals surface area contributed by atoms with Crippen molar-refractivity contribution in [1.82, 2.24) is 4.98 Å². The number of nitrogens with one attached hydrogen (secondary N) is 1. The van der Waals surface area contributed by atoms with Gasteiger partial charge in [0.1, 0.15) is 5.82 Å².